The van der Waals surface area contributed by atoms with E-state index in [-0.39, 0.29) is 11.7 Å². The average Bonchev–Trinajstić information content (AvgIpc) is 2.89. The zero-order valence-corrected chi connectivity index (χ0v) is 13.4. The third kappa shape index (κ3) is 3.14. The van der Waals surface area contributed by atoms with Gasteiger partial charge in [-0.1, -0.05) is 17.7 Å². The van der Waals surface area contributed by atoms with Crippen LogP contribution in [-0.2, 0) is 0 Å². The topological polar surface area (TPSA) is 20.3 Å². The Morgan fingerprint density at radius 3 is 2.48 bits per heavy atom. The molecule has 1 aliphatic rings. The number of hydrogen-bond acceptors (Lipinski definition) is 2. The van der Waals surface area contributed by atoms with E-state index in [2.05, 4.69) is 0 Å². The molecule has 3 rings (SSSR count). The summed E-state index contributed by atoms with van der Waals surface area (Å²) < 4.78 is 27.3. The highest BCUT2D eigenvalue weighted by Gasteiger charge is 2.39. The summed E-state index contributed by atoms with van der Waals surface area (Å²) in [5.41, 5.74) is 0.822. The Labute approximate surface area is 138 Å². The number of likely N-dealkylation sites (tertiary alicyclic amines) is 1. The van der Waals surface area contributed by atoms with Crippen molar-refractivity contribution in [2.45, 2.75) is 5.92 Å². The number of rotatable bonds is 3. The predicted octanol–water partition coefficient (Wildman–Crippen LogP) is 4.15. The van der Waals surface area contributed by atoms with Crippen molar-refractivity contribution in [3.63, 3.8) is 0 Å². The molecule has 120 valence electrons. The van der Waals surface area contributed by atoms with Crippen LogP contribution in [0.15, 0.2) is 42.5 Å². The largest absolute Gasteiger partial charge is 0.305 e. The van der Waals surface area contributed by atoms with E-state index in [1.165, 1.54) is 30.3 Å². The number of benzene rings is 2. The van der Waals surface area contributed by atoms with Gasteiger partial charge in [0.15, 0.2) is 5.78 Å². The maximum Gasteiger partial charge on any atom is 0.167 e. The lowest BCUT2D eigenvalue weighted by atomic mass is 9.83. The van der Waals surface area contributed by atoms with Crippen molar-refractivity contribution >= 4 is 17.4 Å². The number of halogens is 3. The van der Waals surface area contributed by atoms with Gasteiger partial charge in [-0.15, -0.1) is 0 Å². The summed E-state index contributed by atoms with van der Waals surface area (Å²) in [6.45, 7) is 1.07. The number of nitrogens with zero attached hydrogens (tertiary/aromatic N) is 1. The van der Waals surface area contributed by atoms with Gasteiger partial charge in [0, 0.05) is 41.1 Å². The highest BCUT2D eigenvalue weighted by atomic mass is 35.5. The van der Waals surface area contributed by atoms with Crippen molar-refractivity contribution in [1.82, 2.24) is 4.90 Å². The van der Waals surface area contributed by atoms with Gasteiger partial charge in [-0.05, 0) is 43.4 Å². The second-order valence-electron chi connectivity index (χ2n) is 5.94. The van der Waals surface area contributed by atoms with Crippen molar-refractivity contribution in [2.24, 2.45) is 5.92 Å². The van der Waals surface area contributed by atoms with Gasteiger partial charge >= 0.3 is 0 Å². The summed E-state index contributed by atoms with van der Waals surface area (Å²) in [6, 6.07) is 10.0. The van der Waals surface area contributed by atoms with Crippen LogP contribution < -0.4 is 0 Å². The second kappa shape index (κ2) is 6.38. The van der Waals surface area contributed by atoms with Crippen LogP contribution in [0.4, 0.5) is 8.78 Å². The normalized spacial score (nSPS) is 21.6. The first-order chi connectivity index (χ1) is 11.0. The zero-order chi connectivity index (χ0) is 16.6. The lowest BCUT2D eigenvalue weighted by Crippen LogP contribution is -2.23. The standard InChI is InChI=1S/C18H16ClF2NO/c1-22-9-13(17-15(19)3-2-4-16(17)21)14(10-22)18(23)11-5-7-12(20)8-6-11/h2-8,13-14H,9-10H2,1H3/t13-,14+/m0/s1. The van der Waals surface area contributed by atoms with Gasteiger partial charge in [0.2, 0.25) is 0 Å². The molecule has 0 aliphatic carbocycles. The van der Waals surface area contributed by atoms with E-state index in [0.717, 1.165) is 0 Å². The smallest absolute Gasteiger partial charge is 0.167 e. The summed E-state index contributed by atoms with van der Waals surface area (Å²) in [5.74, 6) is -1.61. The SMILES string of the molecule is CN1C[C@H](c2c(F)cccc2Cl)[C@H](C(=O)c2ccc(F)cc2)C1. The van der Waals surface area contributed by atoms with Crippen LogP contribution in [-0.4, -0.2) is 30.8 Å². The molecule has 0 saturated carbocycles. The molecule has 0 N–H and O–H groups in total. The Bertz CT molecular complexity index is 712. The molecule has 2 aromatic carbocycles. The zero-order valence-electron chi connectivity index (χ0n) is 12.6. The fourth-order valence-corrected chi connectivity index (χ4v) is 3.56. The summed E-state index contributed by atoms with van der Waals surface area (Å²) in [7, 11) is 1.89. The van der Waals surface area contributed by atoms with Crippen molar-refractivity contribution in [2.75, 3.05) is 20.1 Å². The summed E-state index contributed by atoms with van der Waals surface area (Å²) in [4.78, 5) is 14.8. The first kappa shape index (κ1) is 16.1. The molecule has 2 atom stereocenters. The molecule has 0 radical (unpaired) electrons. The number of ketones is 1. The van der Waals surface area contributed by atoms with E-state index < -0.39 is 17.6 Å². The minimum absolute atomic E-state index is 0.112. The third-order valence-corrected chi connectivity index (χ3v) is 4.67. The first-order valence-corrected chi connectivity index (χ1v) is 7.77. The van der Waals surface area contributed by atoms with Gasteiger partial charge < -0.3 is 4.90 Å². The highest BCUT2D eigenvalue weighted by Crippen LogP contribution is 2.38. The van der Waals surface area contributed by atoms with Gasteiger partial charge in [0.25, 0.3) is 0 Å². The fraction of sp³-hybridized carbons (Fsp3) is 0.278. The molecule has 1 heterocycles. The minimum Gasteiger partial charge on any atom is -0.305 e. The lowest BCUT2D eigenvalue weighted by molar-refractivity contribution is 0.0915. The highest BCUT2D eigenvalue weighted by molar-refractivity contribution is 6.31. The Hall–Kier alpha value is -1.78. The Morgan fingerprint density at radius 2 is 1.83 bits per heavy atom. The number of carbonyl (C=O) groups is 1. The summed E-state index contributed by atoms with van der Waals surface area (Å²) >= 11 is 6.17. The predicted molar refractivity (Wildman–Crippen MR) is 85.9 cm³/mol. The van der Waals surface area contributed by atoms with Gasteiger partial charge in [0.1, 0.15) is 11.6 Å². The average molecular weight is 336 g/mol. The van der Waals surface area contributed by atoms with E-state index in [1.807, 2.05) is 11.9 Å². The van der Waals surface area contributed by atoms with E-state index >= 15 is 0 Å². The Balaban J connectivity index is 1.97. The van der Waals surface area contributed by atoms with Crippen LogP contribution in [0.25, 0.3) is 0 Å². The quantitative estimate of drug-likeness (QED) is 0.785. The number of hydrogen-bond donors (Lipinski definition) is 0. The van der Waals surface area contributed by atoms with Crippen molar-refractivity contribution < 1.29 is 13.6 Å². The Morgan fingerprint density at radius 1 is 1.13 bits per heavy atom. The molecule has 1 fully saturated rings. The van der Waals surface area contributed by atoms with Crippen LogP contribution in [0.5, 0.6) is 0 Å². The van der Waals surface area contributed by atoms with Crippen LogP contribution >= 0.6 is 11.6 Å². The fourth-order valence-electron chi connectivity index (χ4n) is 3.25. The molecule has 5 heteroatoms. The van der Waals surface area contributed by atoms with Gasteiger partial charge in [-0.2, -0.15) is 0 Å². The van der Waals surface area contributed by atoms with Crippen LogP contribution in [0.3, 0.4) is 0 Å². The molecule has 0 spiro atoms. The molecule has 1 aliphatic heterocycles. The molecule has 0 bridgehead atoms. The van der Waals surface area contributed by atoms with Gasteiger partial charge in [-0.25, -0.2) is 8.78 Å². The molecule has 2 aromatic rings. The second-order valence-corrected chi connectivity index (χ2v) is 6.35. The molecular formula is C18H16ClF2NO. The minimum atomic E-state index is -0.403. The van der Waals surface area contributed by atoms with E-state index in [4.69, 9.17) is 11.6 Å². The van der Waals surface area contributed by atoms with Crippen LogP contribution in [0.2, 0.25) is 5.02 Å². The lowest BCUT2D eigenvalue weighted by Gasteiger charge is -2.19. The molecule has 23 heavy (non-hydrogen) atoms. The number of likely N-dealkylation sites (N-methyl/N-ethyl adjacent to an activating group) is 1. The molecule has 1 saturated heterocycles. The summed E-state index contributed by atoms with van der Waals surface area (Å²) in [5, 5.41) is 0.335. The third-order valence-electron chi connectivity index (χ3n) is 4.34. The first-order valence-electron chi connectivity index (χ1n) is 7.39. The molecule has 0 aromatic heterocycles. The van der Waals surface area contributed by atoms with Crippen molar-refractivity contribution in [3.05, 3.63) is 70.2 Å². The number of carbonyl (C=O) groups excluding carboxylic acids is 1. The summed E-state index contributed by atoms with van der Waals surface area (Å²) in [6.07, 6.45) is 0. The van der Waals surface area contributed by atoms with Crippen LogP contribution in [0.1, 0.15) is 21.8 Å². The molecule has 0 unspecified atom stereocenters. The van der Waals surface area contributed by atoms with E-state index in [0.29, 0.717) is 29.2 Å². The van der Waals surface area contributed by atoms with Crippen LogP contribution in [0, 0.1) is 17.6 Å². The van der Waals surface area contributed by atoms with Gasteiger partial charge in [-0.3, -0.25) is 4.79 Å². The van der Waals surface area contributed by atoms with Crippen molar-refractivity contribution in [3.8, 4) is 0 Å². The molecule has 0 amide bonds. The maximum atomic E-state index is 14.3. The monoisotopic (exact) mass is 335 g/mol. The molecule has 2 nitrogen and oxygen atoms in total. The van der Waals surface area contributed by atoms with Gasteiger partial charge in [0.05, 0.1) is 0 Å². The number of Topliss-reactive ketones (excluding diaryl/α,β-unsaturated/α-hetero) is 1. The molecular weight excluding hydrogens is 320 g/mol. The van der Waals surface area contributed by atoms with E-state index in [9.17, 15) is 13.6 Å². The van der Waals surface area contributed by atoms with E-state index in [1.54, 1.807) is 12.1 Å². The Kier molecular flexibility index (Phi) is 4.46. The van der Waals surface area contributed by atoms with Crippen molar-refractivity contribution in [1.29, 1.82) is 0 Å². The maximum absolute atomic E-state index is 14.3.